The molecule has 0 bridgehead atoms. The number of hydrogen-bond acceptors (Lipinski definition) is 3. The van der Waals surface area contributed by atoms with Crippen LogP contribution < -0.4 is 5.32 Å². The standard InChI is InChI=1S/C17H30N2O/c1-12(2)9-15(19(5)6)11-18-14(4)16-10-13(3)7-8-17(16)20/h7-8,10,12,14-15,18,20H,9,11H2,1-6H3. The van der Waals surface area contributed by atoms with Crippen molar-refractivity contribution in [1.82, 2.24) is 10.2 Å². The SMILES string of the molecule is Cc1ccc(O)c(C(C)NCC(CC(C)C)N(C)C)c1. The zero-order chi connectivity index (χ0) is 15.3. The summed E-state index contributed by atoms with van der Waals surface area (Å²) in [6, 6.07) is 6.45. The molecule has 0 radical (unpaired) electrons. The fraction of sp³-hybridized carbons (Fsp3) is 0.647. The van der Waals surface area contributed by atoms with E-state index >= 15 is 0 Å². The van der Waals surface area contributed by atoms with Gasteiger partial charge in [0.2, 0.25) is 0 Å². The van der Waals surface area contributed by atoms with Crippen LogP contribution in [0.15, 0.2) is 18.2 Å². The van der Waals surface area contributed by atoms with E-state index in [0.29, 0.717) is 17.7 Å². The van der Waals surface area contributed by atoms with E-state index in [4.69, 9.17) is 0 Å². The molecule has 1 aromatic rings. The molecular formula is C17H30N2O. The Balaban J connectivity index is 2.65. The second-order valence-electron chi connectivity index (χ2n) is 6.44. The van der Waals surface area contributed by atoms with Gasteiger partial charge >= 0.3 is 0 Å². The van der Waals surface area contributed by atoms with Gasteiger partial charge in [-0.15, -0.1) is 0 Å². The molecule has 20 heavy (non-hydrogen) atoms. The third-order valence-corrected chi connectivity index (χ3v) is 3.78. The fourth-order valence-corrected chi connectivity index (χ4v) is 2.46. The minimum atomic E-state index is 0.157. The summed E-state index contributed by atoms with van der Waals surface area (Å²) in [4.78, 5) is 2.27. The van der Waals surface area contributed by atoms with Crippen molar-refractivity contribution in [3.8, 4) is 5.75 Å². The van der Waals surface area contributed by atoms with Crippen LogP contribution in [-0.4, -0.2) is 36.7 Å². The van der Waals surface area contributed by atoms with Gasteiger partial charge in [0.25, 0.3) is 0 Å². The maximum absolute atomic E-state index is 9.97. The first-order valence-corrected chi connectivity index (χ1v) is 7.50. The van der Waals surface area contributed by atoms with E-state index in [0.717, 1.165) is 12.1 Å². The van der Waals surface area contributed by atoms with Crippen molar-refractivity contribution in [3.63, 3.8) is 0 Å². The number of phenols is 1. The highest BCUT2D eigenvalue weighted by atomic mass is 16.3. The highest BCUT2D eigenvalue weighted by Crippen LogP contribution is 2.25. The molecule has 1 aromatic carbocycles. The van der Waals surface area contributed by atoms with Crippen LogP contribution in [0.2, 0.25) is 0 Å². The largest absolute Gasteiger partial charge is 0.508 e. The Kier molecular flexibility index (Phi) is 6.50. The van der Waals surface area contributed by atoms with Gasteiger partial charge in [0, 0.05) is 24.2 Å². The molecule has 0 fully saturated rings. The minimum Gasteiger partial charge on any atom is -0.508 e. The van der Waals surface area contributed by atoms with Gasteiger partial charge in [-0.05, 0) is 46.3 Å². The molecule has 0 amide bonds. The second-order valence-corrected chi connectivity index (χ2v) is 6.44. The molecule has 2 atom stereocenters. The van der Waals surface area contributed by atoms with Crippen molar-refractivity contribution < 1.29 is 5.11 Å². The summed E-state index contributed by atoms with van der Waals surface area (Å²) in [6.45, 7) is 9.60. The van der Waals surface area contributed by atoms with E-state index in [9.17, 15) is 5.11 Å². The van der Waals surface area contributed by atoms with Crippen molar-refractivity contribution in [2.75, 3.05) is 20.6 Å². The Morgan fingerprint density at radius 2 is 1.85 bits per heavy atom. The van der Waals surface area contributed by atoms with Gasteiger partial charge in [-0.3, -0.25) is 0 Å². The molecular weight excluding hydrogens is 248 g/mol. The molecule has 0 spiro atoms. The molecule has 114 valence electrons. The van der Waals surface area contributed by atoms with Crippen LogP contribution in [0.1, 0.15) is 44.4 Å². The van der Waals surface area contributed by atoms with Crippen molar-refractivity contribution in [2.24, 2.45) is 5.92 Å². The number of phenolic OH excluding ortho intramolecular Hbond substituents is 1. The molecule has 0 aliphatic rings. The Labute approximate surface area is 124 Å². The summed E-state index contributed by atoms with van der Waals surface area (Å²) >= 11 is 0. The second kappa shape index (κ2) is 7.65. The van der Waals surface area contributed by atoms with Gasteiger partial charge in [-0.1, -0.05) is 31.5 Å². The molecule has 0 aromatic heterocycles. The van der Waals surface area contributed by atoms with Crippen LogP contribution in [0.25, 0.3) is 0 Å². The zero-order valence-electron chi connectivity index (χ0n) is 13.8. The first-order valence-electron chi connectivity index (χ1n) is 7.50. The van der Waals surface area contributed by atoms with Crippen LogP contribution in [0.4, 0.5) is 0 Å². The van der Waals surface area contributed by atoms with E-state index in [1.807, 2.05) is 6.07 Å². The molecule has 2 unspecified atom stereocenters. The third-order valence-electron chi connectivity index (χ3n) is 3.78. The van der Waals surface area contributed by atoms with Crippen LogP contribution in [0.3, 0.4) is 0 Å². The minimum absolute atomic E-state index is 0.157. The smallest absolute Gasteiger partial charge is 0.120 e. The number of aryl methyl sites for hydroxylation is 1. The lowest BCUT2D eigenvalue weighted by Gasteiger charge is -2.28. The number of hydrogen-bond donors (Lipinski definition) is 2. The van der Waals surface area contributed by atoms with Gasteiger partial charge < -0.3 is 15.3 Å². The normalized spacial score (nSPS) is 14.8. The Bertz CT molecular complexity index is 415. The van der Waals surface area contributed by atoms with E-state index in [2.05, 4.69) is 58.1 Å². The first kappa shape index (κ1) is 17.0. The number of likely N-dealkylation sites (N-methyl/N-ethyl adjacent to an activating group) is 1. The molecule has 0 saturated heterocycles. The van der Waals surface area contributed by atoms with Crippen LogP contribution >= 0.6 is 0 Å². The molecule has 1 rings (SSSR count). The maximum atomic E-state index is 9.97. The summed E-state index contributed by atoms with van der Waals surface area (Å²) in [5.41, 5.74) is 2.16. The predicted octanol–water partition coefficient (Wildman–Crippen LogP) is 3.33. The highest BCUT2D eigenvalue weighted by molar-refractivity contribution is 5.37. The Morgan fingerprint density at radius 1 is 1.20 bits per heavy atom. The lowest BCUT2D eigenvalue weighted by molar-refractivity contribution is 0.241. The number of nitrogens with one attached hydrogen (secondary N) is 1. The van der Waals surface area contributed by atoms with Crippen LogP contribution in [0.5, 0.6) is 5.75 Å². The predicted molar refractivity (Wildman–Crippen MR) is 86.2 cm³/mol. The summed E-state index contributed by atoms with van der Waals surface area (Å²) in [5.74, 6) is 1.06. The summed E-state index contributed by atoms with van der Waals surface area (Å²) in [6.07, 6.45) is 1.17. The molecule has 3 nitrogen and oxygen atoms in total. The van der Waals surface area contributed by atoms with Crippen LogP contribution in [-0.2, 0) is 0 Å². The summed E-state index contributed by atoms with van der Waals surface area (Å²) < 4.78 is 0. The van der Waals surface area contributed by atoms with E-state index in [-0.39, 0.29) is 6.04 Å². The topological polar surface area (TPSA) is 35.5 Å². The number of aromatic hydroxyl groups is 1. The van der Waals surface area contributed by atoms with Gasteiger partial charge in [-0.2, -0.15) is 0 Å². The zero-order valence-corrected chi connectivity index (χ0v) is 13.8. The number of nitrogens with zero attached hydrogens (tertiary/aromatic N) is 1. The molecule has 0 aliphatic heterocycles. The van der Waals surface area contributed by atoms with Crippen molar-refractivity contribution in [1.29, 1.82) is 0 Å². The number of benzene rings is 1. The molecule has 2 N–H and O–H groups in total. The number of rotatable bonds is 7. The third kappa shape index (κ3) is 5.14. The van der Waals surface area contributed by atoms with E-state index in [1.165, 1.54) is 12.0 Å². The van der Waals surface area contributed by atoms with Crippen LogP contribution in [0, 0.1) is 12.8 Å². The average Bonchev–Trinajstić information content (AvgIpc) is 2.36. The van der Waals surface area contributed by atoms with E-state index < -0.39 is 0 Å². The summed E-state index contributed by atoms with van der Waals surface area (Å²) in [5, 5.41) is 13.5. The molecule has 3 heteroatoms. The van der Waals surface area contributed by atoms with Gasteiger partial charge in [0.1, 0.15) is 5.75 Å². The Morgan fingerprint density at radius 3 is 2.40 bits per heavy atom. The fourth-order valence-electron chi connectivity index (χ4n) is 2.46. The van der Waals surface area contributed by atoms with Gasteiger partial charge in [0.15, 0.2) is 0 Å². The van der Waals surface area contributed by atoms with Crippen molar-refractivity contribution >= 4 is 0 Å². The quantitative estimate of drug-likeness (QED) is 0.803. The monoisotopic (exact) mass is 278 g/mol. The lowest BCUT2D eigenvalue weighted by atomic mass is 10.0. The van der Waals surface area contributed by atoms with Crippen molar-refractivity contribution in [3.05, 3.63) is 29.3 Å². The average molecular weight is 278 g/mol. The molecule has 0 heterocycles. The lowest BCUT2D eigenvalue weighted by Crippen LogP contribution is -2.39. The van der Waals surface area contributed by atoms with Gasteiger partial charge in [0.05, 0.1) is 0 Å². The van der Waals surface area contributed by atoms with Gasteiger partial charge in [-0.25, -0.2) is 0 Å². The molecule has 0 saturated carbocycles. The Hall–Kier alpha value is -1.06. The van der Waals surface area contributed by atoms with E-state index in [1.54, 1.807) is 6.07 Å². The first-order chi connectivity index (χ1) is 9.31. The van der Waals surface area contributed by atoms with Crippen molar-refractivity contribution in [2.45, 2.75) is 46.2 Å². The molecule has 0 aliphatic carbocycles. The maximum Gasteiger partial charge on any atom is 0.120 e. The highest BCUT2D eigenvalue weighted by Gasteiger charge is 2.16. The summed E-state index contributed by atoms with van der Waals surface area (Å²) in [7, 11) is 4.26.